The van der Waals surface area contributed by atoms with Crippen LogP contribution in [0, 0.1) is 5.92 Å². The van der Waals surface area contributed by atoms with Crippen LogP contribution in [0.1, 0.15) is 65.2 Å². The third-order valence-electron chi connectivity index (χ3n) is 5.40. The zero-order valence-corrected chi connectivity index (χ0v) is 20.1. The van der Waals surface area contributed by atoms with E-state index >= 15 is 0 Å². The van der Waals surface area contributed by atoms with Crippen molar-refractivity contribution in [3.05, 3.63) is 0 Å². The van der Waals surface area contributed by atoms with Crippen molar-refractivity contribution in [3.63, 3.8) is 0 Å². The molecule has 9 nitrogen and oxygen atoms in total. The van der Waals surface area contributed by atoms with Crippen LogP contribution in [0.25, 0.3) is 0 Å². The number of Topliss-reactive ketones (excluding diaryl/α,β-unsaturated/α-hetero) is 2. The van der Waals surface area contributed by atoms with E-state index < -0.39 is 22.9 Å². The number of hydrogen-bond acceptors (Lipinski definition) is 8. The Labute approximate surface area is 194 Å². The summed E-state index contributed by atoms with van der Waals surface area (Å²) >= 11 is 1.19. The number of rotatable bonds is 17. The monoisotopic (exact) mass is 470 g/mol. The molecule has 1 rings (SSSR count). The molecule has 0 aromatic rings. The van der Waals surface area contributed by atoms with Crippen LogP contribution in [0.4, 0.5) is 0 Å². The van der Waals surface area contributed by atoms with Gasteiger partial charge in [-0.05, 0) is 38.1 Å². The van der Waals surface area contributed by atoms with E-state index in [1.165, 1.54) is 16.7 Å². The molecule has 2 atom stereocenters. The summed E-state index contributed by atoms with van der Waals surface area (Å²) in [6.45, 7) is 5.10. The van der Waals surface area contributed by atoms with Crippen molar-refractivity contribution in [3.8, 4) is 0 Å². The van der Waals surface area contributed by atoms with E-state index in [2.05, 4.69) is 5.32 Å². The smallest absolute Gasteiger partial charge is 0.242 e. The van der Waals surface area contributed by atoms with E-state index in [0.717, 1.165) is 19.3 Å². The number of hydrogen-bond donors (Lipinski definition) is 3. The topological polar surface area (TPSA) is 153 Å². The first-order valence-corrected chi connectivity index (χ1v) is 12.5. The van der Waals surface area contributed by atoms with E-state index in [9.17, 15) is 24.0 Å². The van der Waals surface area contributed by atoms with E-state index in [1.54, 1.807) is 13.8 Å². The van der Waals surface area contributed by atoms with Gasteiger partial charge < -0.3 is 16.8 Å². The summed E-state index contributed by atoms with van der Waals surface area (Å²) in [5.41, 5.74) is 11.1. The highest BCUT2D eigenvalue weighted by molar-refractivity contribution is 8.01. The van der Waals surface area contributed by atoms with Gasteiger partial charge in [-0.25, -0.2) is 0 Å². The highest BCUT2D eigenvalue weighted by Gasteiger charge is 2.38. The van der Waals surface area contributed by atoms with Crippen LogP contribution >= 0.6 is 11.8 Å². The Bertz CT molecular complexity index is 671. The van der Waals surface area contributed by atoms with Gasteiger partial charge in [-0.15, -0.1) is 11.8 Å². The van der Waals surface area contributed by atoms with Gasteiger partial charge >= 0.3 is 0 Å². The van der Waals surface area contributed by atoms with Crippen molar-refractivity contribution in [2.45, 2.75) is 76.5 Å². The SMILES string of the molecule is CC(C)[C@H](N)C(=O)C(=O)CCCCCN1C(=O)CC(SCC(=O)NCCCCCN)C1=O. The lowest BCUT2D eigenvalue weighted by atomic mass is 9.96. The number of carbonyl (C=O) groups excluding carboxylic acids is 5. The third-order valence-corrected chi connectivity index (χ3v) is 6.60. The summed E-state index contributed by atoms with van der Waals surface area (Å²) in [4.78, 5) is 61.6. The molecule has 1 unspecified atom stereocenters. The zero-order valence-electron chi connectivity index (χ0n) is 19.3. The molecule has 0 spiro atoms. The lowest BCUT2D eigenvalue weighted by Crippen LogP contribution is -2.40. The summed E-state index contributed by atoms with van der Waals surface area (Å²) in [5, 5.41) is 2.29. The molecule has 0 saturated carbocycles. The van der Waals surface area contributed by atoms with Crippen LogP contribution in [0.3, 0.4) is 0 Å². The Hall–Kier alpha value is -1.78. The minimum Gasteiger partial charge on any atom is -0.355 e. The van der Waals surface area contributed by atoms with Gasteiger partial charge in [0.05, 0.1) is 17.0 Å². The summed E-state index contributed by atoms with van der Waals surface area (Å²) in [7, 11) is 0. The molecule has 32 heavy (non-hydrogen) atoms. The maximum Gasteiger partial charge on any atom is 0.242 e. The van der Waals surface area contributed by atoms with Crippen LogP contribution in [0.15, 0.2) is 0 Å². The van der Waals surface area contributed by atoms with Crippen molar-refractivity contribution in [2.24, 2.45) is 17.4 Å². The van der Waals surface area contributed by atoms with Gasteiger partial charge in [0.25, 0.3) is 0 Å². The molecule has 1 aliphatic heterocycles. The standard InChI is InChI=1S/C22H38N4O5S/c1-15(2)20(24)21(30)16(27)9-5-3-8-12-26-19(29)13-17(22(26)31)32-14-18(28)25-11-7-4-6-10-23/h15,17,20H,3-14,23-24H2,1-2H3,(H,25,28)/t17?,20-/m0/s1. The fourth-order valence-electron chi connectivity index (χ4n) is 3.26. The molecule has 10 heteroatoms. The highest BCUT2D eigenvalue weighted by Crippen LogP contribution is 2.25. The molecule has 0 bridgehead atoms. The van der Waals surface area contributed by atoms with Gasteiger partial charge in [-0.1, -0.05) is 26.7 Å². The fourth-order valence-corrected chi connectivity index (χ4v) is 4.25. The lowest BCUT2D eigenvalue weighted by molar-refractivity contribution is -0.138. The molecule has 0 aliphatic carbocycles. The first kappa shape index (κ1) is 28.3. The number of ketones is 2. The highest BCUT2D eigenvalue weighted by atomic mass is 32.2. The van der Waals surface area contributed by atoms with Crippen LogP contribution in [0.5, 0.6) is 0 Å². The molecule has 1 aliphatic rings. The molecule has 0 radical (unpaired) electrons. The van der Waals surface area contributed by atoms with Gasteiger partial charge in [-0.3, -0.25) is 28.9 Å². The van der Waals surface area contributed by atoms with Gasteiger partial charge in [0.2, 0.25) is 23.5 Å². The van der Waals surface area contributed by atoms with Gasteiger partial charge in [0, 0.05) is 25.9 Å². The molecule has 1 fully saturated rings. The zero-order chi connectivity index (χ0) is 24.1. The Kier molecular flexibility index (Phi) is 13.4. The van der Waals surface area contributed by atoms with Crippen molar-refractivity contribution in [1.29, 1.82) is 0 Å². The number of thioether (sulfide) groups is 1. The molecule has 3 amide bonds. The Morgan fingerprint density at radius 2 is 1.78 bits per heavy atom. The molecule has 1 heterocycles. The number of nitrogens with one attached hydrogen (secondary N) is 1. The normalized spacial score (nSPS) is 17.2. The van der Waals surface area contributed by atoms with Crippen molar-refractivity contribution in [1.82, 2.24) is 10.2 Å². The molecular formula is C22H38N4O5S. The predicted octanol–water partition coefficient (Wildman–Crippen LogP) is 0.774. The lowest BCUT2D eigenvalue weighted by Gasteiger charge is -2.15. The number of carbonyl (C=O) groups is 5. The molecule has 0 aromatic carbocycles. The summed E-state index contributed by atoms with van der Waals surface area (Å²) < 4.78 is 0. The Morgan fingerprint density at radius 3 is 2.44 bits per heavy atom. The van der Waals surface area contributed by atoms with E-state index in [4.69, 9.17) is 11.5 Å². The second-order valence-corrected chi connectivity index (χ2v) is 9.65. The number of unbranched alkanes of at least 4 members (excludes halogenated alkanes) is 4. The molecule has 0 aromatic heterocycles. The first-order chi connectivity index (χ1) is 15.2. The number of nitrogens with two attached hydrogens (primary N) is 2. The maximum absolute atomic E-state index is 12.5. The van der Waals surface area contributed by atoms with Crippen molar-refractivity contribution >= 4 is 41.0 Å². The third kappa shape index (κ3) is 9.79. The summed E-state index contributed by atoms with van der Waals surface area (Å²) in [5.74, 6) is -1.58. The largest absolute Gasteiger partial charge is 0.355 e. The van der Waals surface area contributed by atoms with Crippen molar-refractivity contribution < 1.29 is 24.0 Å². The van der Waals surface area contributed by atoms with Gasteiger partial charge in [-0.2, -0.15) is 0 Å². The van der Waals surface area contributed by atoms with E-state index in [-0.39, 0.29) is 48.8 Å². The molecule has 1 saturated heterocycles. The van der Waals surface area contributed by atoms with Crippen molar-refractivity contribution in [2.75, 3.05) is 25.4 Å². The minimum absolute atomic E-state index is 0.0862. The Morgan fingerprint density at radius 1 is 1.09 bits per heavy atom. The average molecular weight is 471 g/mol. The number of imide groups is 1. The first-order valence-electron chi connectivity index (χ1n) is 11.4. The Balaban J connectivity index is 2.25. The minimum atomic E-state index is -0.769. The summed E-state index contributed by atoms with van der Waals surface area (Å²) in [6, 6.07) is -0.769. The van der Waals surface area contributed by atoms with E-state index in [0.29, 0.717) is 32.4 Å². The number of amides is 3. The van der Waals surface area contributed by atoms with Crippen LogP contribution < -0.4 is 16.8 Å². The molecule has 5 N–H and O–H groups in total. The average Bonchev–Trinajstić information content (AvgIpc) is 3.03. The van der Waals surface area contributed by atoms with Crippen LogP contribution in [-0.2, 0) is 24.0 Å². The molecule has 182 valence electrons. The second kappa shape index (κ2) is 15.1. The maximum atomic E-state index is 12.5. The quantitative estimate of drug-likeness (QED) is 0.160. The van der Waals surface area contributed by atoms with E-state index in [1.807, 2.05) is 0 Å². The number of nitrogens with zero attached hydrogens (tertiary/aromatic N) is 1. The second-order valence-electron chi connectivity index (χ2n) is 8.45. The summed E-state index contributed by atoms with van der Waals surface area (Å²) in [6.07, 6.45) is 4.69. The van der Waals surface area contributed by atoms with Crippen LogP contribution in [0.2, 0.25) is 0 Å². The predicted molar refractivity (Wildman–Crippen MR) is 125 cm³/mol. The fraction of sp³-hybridized carbons (Fsp3) is 0.773. The number of likely N-dealkylation sites (tertiary alicyclic amines) is 1. The molecular weight excluding hydrogens is 432 g/mol. The van der Waals surface area contributed by atoms with Gasteiger partial charge in [0.1, 0.15) is 0 Å². The van der Waals surface area contributed by atoms with Gasteiger partial charge in [0.15, 0.2) is 5.78 Å². The van der Waals surface area contributed by atoms with Crippen LogP contribution in [-0.4, -0.2) is 70.9 Å².